The predicted octanol–water partition coefficient (Wildman–Crippen LogP) is 4.40. The predicted molar refractivity (Wildman–Crippen MR) is 111 cm³/mol. The Morgan fingerprint density at radius 2 is 2.03 bits per heavy atom. The molecule has 164 valence electrons. The van der Waals surface area contributed by atoms with Crippen LogP contribution in [0.2, 0.25) is 0 Å². The average molecular weight is 429 g/mol. The van der Waals surface area contributed by atoms with Crippen molar-refractivity contribution >= 4 is 17.1 Å². The fourth-order valence-corrected chi connectivity index (χ4v) is 2.91. The lowest BCUT2D eigenvalue weighted by atomic mass is 10.1. The Kier molecular flexibility index (Phi) is 7.44. The van der Waals surface area contributed by atoms with Crippen molar-refractivity contribution < 1.29 is 19.5 Å². The van der Waals surface area contributed by atoms with Crippen molar-refractivity contribution in [1.29, 1.82) is 5.26 Å². The van der Waals surface area contributed by atoms with Crippen molar-refractivity contribution in [3.05, 3.63) is 49.8 Å². The SMILES string of the molecule is CCC(OC(C)C)n1c(O)c(N=Nc2ccc(OC)cc2[N+](=O)[O-])c(C)c(C#N)c1=O. The van der Waals surface area contributed by atoms with E-state index in [0.717, 1.165) is 4.57 Å². The zero-order chi connectivity index (χ0) is 23.3. The van der Waals surface area contributed by atoms with Gasteiger partial charge in [-0.25, -0.2) is 4.57 Å². The number of pyridine rings is 1. The van der Waals surface area contributed by atoms with Crippen LogP contribution in [0.5, 0.6) is 11.6 Å². The van der Waals surface area contributed by atoms with E-state index >= 15 is 0 Å². The summed E-state index contributed by atoms with van der Waals surface area (Å²) in [6.45, 7) is 6.74. The maximum atomic E-state index is 12.8. The highest BCUT2D eigenvalue weighted by Gasteiger charge is 2.25. The van der Waals surface area contributed by atoms with Crippen LogP contribution in [0, 0.1) is 28.4 Å². The lowest BCUT2D eigenvalue weighted by molar-refractivity contribution is -0.384. The minimum Gasteiger partial charge on any atom is -0.496 e. The molecule has 2 aromatic rings. The Morgan fingerprint density at radius 3 is 2.55 bits per heavy atom. The fourth-order valence-electron chi connectivity index (χ4n) is 2.91. The van der Waals surface area contributed by atoms with Gasteiger partial charge in [0.25, 0.3) is 11.2 Å². The Bertz CT molecular complexity index is 1120. The maximum Gasteiger partial charge on any atom is 0.300 e. The van der Waals surface area contributed by atoms with E-state index < -0.39 is 22.6 Å². The zero-order valence-corrected chi connectivity index (χ0v) is 17.8. The molecule has 1 N–H and O–H groups in total. The first-order chi connectivity index (χ1) is 14.7. The molecular formula is C20H23N5O6. The number of hydrogen-bond acceptors (Lipinski definition) is 9. The van der Waals surface area contributed by atoms with Gasteiger partial charge in [-0.2, -0.15) is 5.26 Å². The zero-order valence-electron chi connectivity index (χ0n) is 17.8. The van der Waals surface area contributed by atoms with Gasteiger partial charge in [0.2, 0.25) is 5.88 Å². The van der Waals surface area contributed by atoms with E-state index in [9.17, 15) is 25.3 Å². The van der Waals surface area contributed by atoms with Gasteiger partial charge in [0.05, 0.1) is 24.2 Å². The lowest BCUT2D eigenvalue weighted by Crippen LogP contribution is -2.30. The van der Waals surface area contributed by atoms with E-state index in [2.05, 4.69) is 10.2 Å². The molecule has 11 heteroatoms. The molecule has 31 heavy (non-hydrogen) atoms. The van der Waals surface area contributed by atoms with Gasteiger partial charge in [-0.05, 0) is 39.3 Å². The first kappa shape index (κ1) is 23.5. The number of hydrogen-bond donors (Lipinski definition) is 1. The van der Waals surface area contributed by atoms with E-state index in [1.54, 1.807) is 20.8 Å². The molecule has 0 aliphatic rings. The van der Waals surface area contributed by atoms with Gasteiger partial charge in [-0.1, -0.05) is 6.92 Å². The van der Waals surface area contributed by atoms with Crippen molar-refractivity contribution in [3.8, 4) is 17.7 Å². The molecule has 1 unspecified atom stereocenters. The number of rotatable bonds is 8. The molecule has 0 fully saturated rings. The van der Waals surface area contributed by atoms with Gasteiger partial charge >= 0.3 is 0 Å². The molecule has 1 atom stereocenters. The largest absolute Gasteiger partial charge is 0.496 e. The number of benzene rings is 1. The first-order valence-electron chi connectivity index (χ1n) is 9.43. The van der Waals surface area contributed by atoms with Gasteiger partial charge in [0.1, 0.15) is 23.6 Å². The summed E-state index contributed by atoms with van der Waals surface area (Å²) in [5, 5.41) is 39.5. The van der Waals surface area contributed by atoms with Crippen LogP contribution in [0.4, 0.5) is 17.1 Å². The number of aromatic nitrogens is 1. The van der Waals surface area contributed by atoms with Crippen LogP contribution < -0.4 is 10.3 Å². The van der Waals surface area contributed by atoms with E-state index in [-0.39, 0.29) is 40.0 Å². The molecule has 1 aromatic carbocycles. The first-order valence-corrected chi connectivity index (χ1v) is 9.43. The van der Waals surface area contributed by atoms with Crippen molar-refractivity contribution in [1.82, 2.24) is 4.57 Å². The number of nitro groups is 1. The number of azo groups is 1. The topological polar surface area (TPSA) is 152 Å². The molecule has 1 aromatic heterocycles. The normalized spacial score (nSPS) is 12.2. The summed E-state index contributed by atoms with van der Waals surface area (Å²) in [6, 6.07) is 5.82. The van der Waals surface area contributed by atoms with Crippen molar-refractivity contribution in [2.45, 2.75) is 46.4 Å². The molecule has 11 nitrogen and oxygen atoms in total. The molecule has 0 bridgehead atoms. The monoisotopic (exact) mass is 429 g/mol. The fraction of sp³-hybridized carbons (Fsp3) is 0.400. The van der Waals surface area contributed by atoms with Gasteiger partial charge in [0, 0.05) is 5.56 Å². The van der Waals surface area contributed by atoms with Gasteiger partial charge < -0.3 is 14.6 Å². The minimum atomic E-state index is -0.843. The molecule has 0 saturated carbocycles. The number of nitro benzene ring substituents is 1. The number of aromatic hydroxyl groups is 1. The second-order valence-corrected chi connectivity index (χ2v) is 6.82. The summed E-state index contributed by atoms with van der Waals surface area (Å²) in [5.41, 5.74) is -1.47. The number of nitrogens with zero attached hydrogens (tertiary/aromatic N) is 5. The van der Waals surface area contributed by atoms with Crippen LogP contribution in [0.25, 0.3) is 0 Å². The van der Waals surface area contributed by atoms with Crippen molar-refractivity contribution in [3.63, 3.8) is 0 Å². The Morgan fingerprint density at radius 1 is 1.35 bits per heavy atom. The Hall–Kier alpha value is -3.78. The Balaban J connectivity index is 2.70. The van der Waals surface area contributed by atoms with E-state index in [1.165, 1.54) is 32.2 Å². The average Bonchev–Trinajstić information content (AvgIpc) is 2.72. The molecule has 0 saturated heterocycles. The second kappa shape index (κ2) is 9.82. The summed E-state index contributed by atoms with van der Waals surface area (Å²) in [5.74, 6) is -0.282. The summed E-state index contributed by atoms with van der Waals surface area (Å²) < 4.78 is 11.6. The van der Waals surface area contributed by atoms with Crippen molar-refractivity contribution in [2.75, 3.05) is 7.11 Å². The quantitative estimate of drug-likeness (QED) is 0.371. The van der Waals surface area contributed by atoms with Crippen LogP contribution >= 0.6 is 0 Å². The Labute approximate surface area is 178 Å². The standard InChI is InChI=1S/C20H23N5O6/c1-6-17(31-11(2)3)24-19(26)14(10-21)12(4)18(20(24)27)23-22-15-8-7-13(30-5)9-16(15)25(28)29/h7-9,11,17,27H,6H2,1-5H3. The lowest BCUT2D eigenvalue weighted by Gasteiger charge is -2.23. The molecule has 0 amide bonds. The van der Waals surface area contributed by atoms with Crippen LogP contribution in [0.15, 0.2) is 33.2 Å². The molecule has 1 heterocycles. The van der Waals surface area contributed by atoms with Crippen LogP contribution in [-0.2, 0) is 4.74 Å². The molecular weight excluding hydrogens is 406 g/mol. The molecule has 0 aliphatic heterocycles. The van der Waals surface area contributed by atoms with E-state index in [0.29, 0.717) is 6.42 Å². The van der Waals surface area contributed by atoms with Crippen molar-refractivity contribution in [2.24, 2.45) is 10.2 Å². The molecule has 2 rings (SSSR count). The van der Waals surface area contributed by atoms with Crippen LogP contribution in [0.1, 0.15) is 44.5 Å². The van der Waals surface area contributed by atoms with Crippen LogP contribution in [-0.4, -0.2) is 27.8 Å². The number of methoxy groups -OCH3 is 1. The molecule has 0 spiro atoms. The summed E-state index contributed by atoms with van der Waals surface area (Å²) >= 11 is 0. The molecule has 0 radical (unpaired) electrons. The summed E-state index contributed by atoms with van der Waals surface area (Å²) in [4.78, 5) is 23.5. The highest BCUT2D eigenvalue weighted by Crippen LogP contribution is 2.37. The third-order valence-corrected chi connectivity index (χ3v) is 4.42. The number of ether oxygens (including phenoxy) is 2. The maximum absolute atomic E-state index is 12.8. The minimum absolute atomic E-state index is 0.0914. The van der Waals surface area contributed by atoms with Crippen LogP contribution in [0.3, 0.4) is 0 Å². The third-order valence-electron chi connectivity index (χ3n) is 4.42. The van der Waals surface area contributed by atoms with E-state index in [1.807, 2.05) is 6.07 Å². The highest BCUT2D eigenvalue weighted by molar-refractivity contribution is 5.62. The van der Waals surface area contributed by atoms with Gasteiger partial charge in [0.15, 0.2) is 11.4 Å². The van der Waals surface area contributed by atoms with E-state index in [4.69, 9.17) is 9.47 Å². The highest BCUT2D eigenvalue weighted by atomic mass is 16.6. The smallest absolute Gasteiger partial charge is 0.300 e. The summed E-state index contributed by atoms with van der Waals surface area (Å²) in [7, 11) is 1.37. The number of nitriles is 1. The van der Waals surface area contributed by atoms with Gasteiger partial charge in [-0.3, -0.25) is 14.9 Å². The third kappa shape index (κ3) is 4.87. The van der Waals surface area contributed by atoms with Gasteiger partial charge in [-0.15, -0.1) is 10.2 Å². The second-order valence-electron chi connectivity index (χ2n) is 6.82. The molecule has 0 aliphatic carbocycles. The summed E-state index contributed by atoms with van der Waals surface area (Å²) in [6.07, 6.45) is -0.764.